The summed E-state index contributed by atoms with van der Waals surface area (Å²) in [7, 11) is -3.45. The summed E-state index contributed by atoms with van der Waals surface area (Å²) in [6.07, 6.45) is 6.00. The van der Waals surface area contributed by atoms with Gasteiger partial charge in [-0.3, -0.25) is 0 Å². The summed E-state index contributed by atoms with van der Waals surface area (Å²) in [5.41, 5.74) is 2.09. The first-order valence-corrected chi connectivity index (χ1v) is 7.96. The lowest BCUT2D eigenvalue weighted by atomic mass is 10.2. The van der Waals surface area contributed by atoms with Gasteiger partial charge in [-0.05, 0) is 30.2 Å². The molecule has 2 aromatic rings. The molecule has 0 fully saturated rings. The molecule has 1 aromatic carbocycles. The van der Waals surface area contributed by atoms with Crippen molar-refractivity contribution in [3.63, 3.8) is 0 Å². The minimum atomic E-state index is -3.45. The number of hydrogen-bond donors (Lipinski definition) is 2. The van der Waals surface area contributed by atoms with Crippen molar-refractivity contribution in [3.05, 3.63) is 42.5 Å². The summed E-state index contributed by atoms with van der Waals surface area (Å²) >= 11 is 0. The van der Waals surface area contributed by atoms with E-state index in [0.717, 1.165) is 24.2 Å². The van der Waals surface area contributed by atoms with Gasteiger partial charge in [0.1, 0.15) is 0 Å². The lowest BCUT2D eigenvalue weighted by molar-refractivity contribution is 0.572. The van der Waals surface area contributed by atoms with Crippen LogP contribution in [0.1, 0.15) is 5.56 Å². The van der Waals surface area contributed by atoms with Gasteiger partial charge in [-0.1, -0.05) is 0 Å². The Morgan fingerprint density at radius 1 is 1.40 bits per heavy atom. The highest BCUT2D eigenvalue weighted by Gasteiger charge is 2.17. The van der Waals surface area contributed by atoms with Gasteiger partial charge >= 0.3 is 0 Å². The van der Waals surface area contributed by atoms with E-state index in [9.17, 15) is 8.42 Å². The third kappa shape index (κ3) is 2.68. The predicted molar refractivity (Wildman–Crippen MR) is 76.1 cm³/mol. The number of imidazole rings is 1. The molecule has 20 heavy (non-hydrogen) atoms. The van der Waals surface area contributed by atoms with Crippen molar-refractivity contribution in [2.45, 2.75) is 17.9 Å². The molecule has 1 aliphatic rings. The van der Waals surface area contributed by atoms with Crippen molar-refractivity contribution in [3.8, 4) is 0 Å². The van der Waals surface area contributed by atoms with Crippen molar-refractivity contribution in [2.75, 3.05) is 18.4 Å². The maximum absolute atomic E-state index is 12.2. The summed E-state index contributed by atoms with van der Waals surface area (Å²) in [6.45, 7) is 1.77. The number of benzene rings is 1. The number of aromatic nitrogens is 2. The molecule has 0 radical (unpaired) electrons. The fourth-order valence-electron chi connectivity index (χ4n) is 2.26. The van der Waals surface area contributed by atoms with Crippen LogP contribution in [0.25, 0.3) is 0 Å². The van der Waals surface area contributed by atoms with Crippen molar-refractivity contribution >= 4 is 15.7 Å². The van der Waals surface area contributed by atoms with Crippen LogP contribution >= 0.6 is 0 Å². The highest BCUT2D eigenvalue weighted by Crippen LogP contribution is 2.24. The molecule has 2 N–H and O–H groups in total. The van der Waals surface area contributed by atoms with Gasteiger partial charge in [0.15, 0.2) is 0 Å². The molecule has 0 unspecified atom stereocenters. The summed E-state index contributed by atoms with van der Waals surface area (Å²) in [5, 5.41) is 3.21. The van der Waals surface area contributed by atoms with Crippen LogP contribution in [0.3, 0.4) is 0 Å². The Bertz CT molecular complexity index is 695. The maximum Gasteiger partial charge on any atom is 0.240 e. The molecular formula is C13H16N4O2S. The first-order valence-electron chi connectivity index (χ1n) is 6.47. The Morgan fingerprint density at radius 2 is 2.30 bits per heavy atom. The first kappa shape index (κ1) is 13.1. The second-order valence-electron chi connectivity index (χ2n) is 4.69. The highest BCUT2D eigenvalue weighted by molar-refractivity contribution is 7.89. The summed E-state index contributed by atoms with van der Waals surface area (Å²) in [4.78, 5) is 4.24. The Balaban J connectivity index is 1.68. The molecule has 106 valence electrons. The quantitative estimate of drug-likeness (QED) is 0.856. The van der Waals surface area contributed by atoms with Crippen LogP contribution in [0.5, 0.6) is 0 Å². The lowest BCUT2D eigenvalue weighted by Gasteiger charge is -2.08. The van der Waals surface area contributed by atoms with E-state index in [4.69, 9.17) is 0 Å². The molecular weight excluding hydrogens is 276 g/mol. The molecule has 1 aliphatic heterocycles. The van der Waals surface area contributed by atoms with E-state index in [-0.39, 0.29) is 0 Å². The zero-order chi connectivity index (χ0) is 14.0. The normalized spacial score (nSPS) is 14.0. The van der Waals surface area contributed by atoms with E-state index in [1.54, 1.807) is 30.9 Å². The molecule has 6 nitrogen and oxygen atoms in total. The van der Waals surface area contributed by atoms with Crippen molar-refractivity contribution < 1.29 is 8.42 Å². The van der Waals surface area contributed by atoms with Crippen LogP contribution in [0, 0.1) is 0 Å². The monoisotopic (exact) mass is 292 g/mol. The fourth-order valence-corrected chi connectivity index (χ4v) is 3.33. The van der Waals surface area contributed by atoms with Gasteiger partial charge in [-0.15, -0.1) is 0 Å². The molecule has 0 saturated carbocycles. The van der Waals surface area contributed by atoms with Crippen LogP contribution in [0.15, 0.2) is 41.8 Å². The highest BCUT2D eigenvalue weighted by atomic mass is 32.2. The van der Waals surface area contributed by atoms with Gasteiger partial charge in [0.25, 0.3) is 0 Å². The fraction of sp³-hybridized carbons (Fsp3) is 0.308. The molecule has 0 bridgehead atoms. The largest absolute Gasteiger partial charge is 0.384 e. The zero-order valence-electron chi connectivity index (χ0n) is 10.9. The van der Waals surface area contributed by atoms with E-state index in [0.29, 0.717) is 18.0 Å². The summed E-state index contributed by atoms with van der Waals surface area (Å²) in [6, 6.07) is 5.21. The van der Waals surface area contributed by atoms with E-state index >= 15 is 0 Å². The van der Waals surface area contributed by atoms with Gasteiger partial charge in [0.05, 0.1) is 11.2 Å². The molecule has 1 aromatic heterocycles. The van der Waals surface area contributed by atoms with Crippen molar-refractivity contribution in [1.82, 2.24) is 14.3 Å². The first-order chi connectivity index (χ1) is 9.65. The molecule has 7 heteroatoms. The van der Waals surface area contributed by atoms with Gasteiger partial charge in [-0.2, -0.15) is 0 Å². The Hall–Kier alpha value is -1.86. The summed E-state index contributed by atoms with van der Waals surface area (Å²) in [5.74, 6) is 0. The number of fused-ring (bicyclic) bond motifs is 1. The van der Waals surface area contributed by atoms with Gasteiger partial charge in [-0.25, -0.2) is 18.1 Å². The van der Waals surface area contributed by atoms with Gasteiger partial charge in [0.2, 0.25) is 10.0 Å². The number of rotatable bonds is 5. The van der Waals surface area contributed by atoms with Gasteiger partial charge < -0.3 is 9.88 Å². The zero-order valence-corrected chi connectivity index (χ0v) is 11.7. The van der Waals surface area contributed by atoms with E-state index in [1.165, 1.54) is 0 Å². The molecule has 0 saturated heterocycles. The predicted octanol–water partition coefficient (Wildman–Crippen LogP) is 0.830. The van der Waals surface area contributed by atoms with Crippen LogP contribution in [-0.2, 0) is 23.0 Å². The second kappa shape index (κ2) is 5.26. The average Bonchev–Trinajstić information content (AvgIpc) is 3.08. The SMILES string of the molecule is O=S(=O)(NCCn1ccnc1)c1ccc2c(c1)CCN2. The minimum absolute atomic E-state index is 0.325. The topological polar surface area (TPSA) is 76.0 Å². The van der Waals surface area contributed by atoms with Gasteiger partial charge in [0, 0.05) is 37.7 Å². The smallest absolute Gasteiger partial charge is 0.240 e. The number of hydrogen-bond acceptors (Lipinski definition) is 4. The van der Waals surface area contributed by atoms with Crippen LogP contribution in [0.4, 0.5) is 5.69 Å². The minimum Gasteiger partial charge on any atom is -0.384 e. The Morgan fingerprint density at radius 3 is 3.10 bits per heavy atom. The molecule has 0 amide bonds. The van der Waals surface area contributed by atoms with Crippen LogP contribution < -0.4 is 10.0 Å². The van der Waals surface area contributed by atoms with Crippen molar-refractivity contribution in [1.29, 1.82) is 0 Å². The average molecular weight is 292 g/mol. The van der Waals surface area contributed by atoms with Crippen LogP contribution in [0.2, 0.25) is 0 Å². The van der Waals surface area contributed by atoms with Crippen LogP contribution in [-0.4, -0.2) is 31.1 Å². The molecule has 2 heterocycles. The third-order valence-electron chi connectivity index (χ3n) is 3.32. The Labute approximate surface area is 117 Å². The molecule has 0 spiro atoms. The molecule has 3 rings (SSSR count). The molecule has 0 aliphatic carbocycles. The lowest BCUT2D eigenvalue weighted by Crippen LogP contribution is -2.27. The Kier molecular flexibility index (Phi) is 3.45. The molecule has 0 atom stereocenters. The van der Waals surface area contributed by atoms with E-state index in [1.807, 2.05) is 10.6 Å². The standard InChI is InChI=1S/C13H16N4O2S/c18-20(19,16-6-8-17-7-5-14-10-17)12-1-2-13-11(9-12)3-4-15-13/h1-2,5,7,9-10,15-16H,3-4,6,8H2. The van der Waals surface area contributed by atoms with E-state index < -0.39 is 10.0 Å². The van der Waals surface area contributed by atoms with E-state index in [2.05, 4.69) is 15.0 Å². The number of sulfonamides is 1. The maximum atomic E-state index is 12.2. The number of nitrogens with one attached hydrogen (secondary N) is 2. The third-order valence-corrected chi connectivity index (χ3v) is 4.78. The number of nitrogens with zero attached hydrogens (tertiary/aromatic N) is 2. The number of anilines is 1. The summed E-state index contributed by atoms with van der Waals surface area (Å²) < 4.78 is 28.8. The van der Waals surface area contributed by atoms with Crippen molar-refractivity contribution in [2.24, 2.45) is 0 Å². The second-order valence-corrected chi connectivity index (χ2v) is 6.46.